The van der Waals surface area contributed by atoms with Crippen molar-refractivity contribution in [3.63, 3.8) is 0 Å². The van der Waals surface area contributed by atoms with E-state index in [4.69, 9.17) is 0 Å². The van der Waals surface area contributed by atoms with Gasteiger partial charge in [0.2, 0.25) is 17.7 Å². The van der Waals surface area contributed by atoms with Gasteiger partial charge in [0.25, 0.3) is 0 Å². The lowest BCUT2D eigenvalue weighted by atomic mass is 9.85. The molecule has 23 heavy (non-hydrogen) atoms. The molecule has 1 N–H and O–H groups in total. The number of carbonyl (C=O) groups is 3. The van der Waals surface area contributed by atoms with E-state index in [1.54, 1.807) is 24.4 Å². The van der Waals surface area contributed by atoms with E-state index in [1.165, 1.54) is 4.90 Å². The maximum atomic E-state index is 12.5. The van der Waals surface area contributed by atoms with Gasteiger partial charge in [0, 0.05) is 19.2 Å². The molecule has 1 saturated heterocycles. The zero-order chi connectivity index (χ0) is 16.0. The van der Waals surface area contributed by atoms with E-state index in [0.29, 0.717) is 5.82 Å². The maximum Gasteiger partial charge on any atom is 0.233 e. The van der Waals surface area contributed by atoms with E-state index in [9.17, 15) is 14.4 Å². The van der Waals surface area contributed by atoms with Crippen molar-refractivity contribution in [3.8, 4) is 0 Å². The molecule has 4 atom stereocenters. The highest BCUT2D eigenvalue weighted by molar-refractivity contribution is 6.06. The first-order valence-corrected chi connectivity index (χ1v) is 7.89. The van der Waals surface area contributed by atoms with Crippen molar-refractivity contribution < 1.29 is 14.4 Å². The average molecular weight is 311 g/mol. The molecule has 1 aromatic heterocycles. The summed E-state index contributed by atoms with van der Waals surface area (Å²) in [4.78, 5) is 42.2. The van der Waals surface area contributed by atoms with Crippen molar-refractivity contribution in [1.82, 2.24) is 9.88 Å². The lowest BCUT2D eigenvalue weighted by molar-refractivity contribution is -0.140. The van der Waals surface area contributed by atoms with Crippen LogP contribution in [0.15, 0.2) is 36.5 Å². The molecular weight excluding hydrogens is 294 g/mol. The van der Waals surface area contributed by atoms with Gasteiger partial charge in [-0.2, -0.15) is 0 Å². The van der Waals surface area contributed by atoms with Gasteiger partial charge in [-0.15, -0.1) is 0 Å². The van der Waals surface area contributed by atoms with E-state index in [-0.39, 0.29) is 54.4 Å². The monoisotopic (exact) mass is 311 g/mol. The summed E-state index contributed by atoms with van der Waals surface area (Å²) in [5.74, 6) is 0.0124. The Balaban J connectivity index is 1.38. The van der Waals surface area contributed by atoms with Crippen molar-refractivity contribution >= 4 is 23.5 Å². The predicted molar refractivity (Wildman–Crippen MR) is 81.9 cm³/mol. The summed E-state index contributed by atoms with van der Waals surface area (Å²) in [6.07, 6.45) is 6.73. The smallest absolute Gasteiger partial charge is 0.233 e. The molecule has 1 aromatic rings. The Morgan fingerprint density at radius 3 is 2.48 bits per heavy atom. The van der Waals surface area contributed by atoms with E-state index in [0.717, 1.165) is 6.42 Å². The van der Waals surface area contributed by atoms with Gasteiger partial charge in [-0.25, -0.2) is 4.98 Å². The third-order valence-corrected chi connectivity index (χ3v) is 5.06. The minimum absolute atomic E-state index is 0.0935. The van der Waals surface area contributed by atoms with Gasteiger partial charge in [0.1, 0.15) is 5.82 Å². The molecule has 1 aliphatic heterocycles. The van der Waals surface area contributed by atoms with Gasteiger partial charge >= 0.3 is 0 Å². The number of carbonyl (C=O) groups excluding carboxylic acids is 3. The molecule has 2 heterocycles. The molecule has 4 rings (SSSR count). The molecule has 0 aromatic carbocycles. The van der Waals surface area contributed by atoms with Crippen LogP contribution in [0.3, 0.4) is 0 Å². The number of nitrogens with one attached hydrogen (secondary N) is 1. The molecule has 3 amide bonds. The van der Waals surface area contributed by atoms with Crippen LogP contribution in [0.2, 0.25) is 0 Å². The number of aromatic nitrogens is 1. The van der Waals surface area contributed by atoms with Crippen molar-refractivity contribution in [3.05, 3.63) is 36.5 Å². The Hall–Kier alpha value is -2.50. The quantitative estimate of drug-likeness (QED) is 0.670. The molecule has 0 unspecified atom stereocenters. The fourth-order valence-electron chi connectivity index (χ4n) is 4.04. The van der Waals surface area contributed by atoms with Gasteiger partial charge in [0.15, 0.2) is 0 Å². The van der Waals surface area contributed by atoms with Crippen molar-refractivity contribution in [2.24, 2.45) is 23.7 Å². The zero-order valence-electron chi connectivity index (χ0n) is 12.5. The van der Waals surface area contributed by atoms with E-state index >= 15 is 0 Å². The zero-order valence-corrected chi connectivity index (χ0v) is 12.5. The number of anilines is 1. The highest BCUT2D eigenvalue weighted by atomic mass is 16.2. The number of hydrogen-bond donors (Lipinski definition) is 1. The van der Waals surface area contributed by atoms with Crippen LogP contribution in [0, 0.1) is 23.7 Å². The average Bonchev–Trinajstić information content (AvgIpc) is 3.22. The summed E-state index contributed by atoms with van der Waals surface area (Å²) in [5, 5.41) is 2.66. The molecule has 2 fully saturated rings. The van der Waals surface area contributed by atoms with E-state index in [1.807, 2.05) is 0 Å². The summed E-state index contributed by atoms with van der Waals surface area (Å²) in [7, 11) is 0. The number of fused-ring (bicyclic) bond motifs is 5. The standard InChI is InChI=1S/C17H17N3O3/c21-13(19-12-3-1-2-7-18-12)6-8-20-16(22)14-10-4-5-11(9-10)15(14)17(20)23/h1-5,7,10-11,14-15H,6,8-9H2,(H,18,19,21)/t10-,11-,14+,15+/m1/s1. The first-order valence-electron chi connectivity index (χ1n) is 7.89. The highest BCUT2D eigenvalue weighted by Gasteiger charge is 2.58. The fourth-order valence-corrected chi connectivity index (χ4v) is 4.04. The molecule has 1 saturated carbocycles. The molecule has 2 bridgehead atoms. The minimum Gasteiger partial charge on any atom is -0.311 e. The largest absolute Gasteiger partial charge is 0.311 e. The van der Waals surface area contributed by atoms with E-state index < -0.39 is 0 Å². The number of nitrogens with zero attached hydrogens (tertiary/aromatic N) is 2. The van der Waals surface area contributed by atoms with E-state index in [2.05, 4.69) is 22.5 Å². The second-order valence-electron chi connectivity index (χ2n) is 6.34. The van der Waals surface area contributed by atoms with Crippen LogP contribution in [0.5, 0.6) is 0 Å². The summed E-state index contributed by atoms with van der Waals surface area (Å²) in [5.41, 5.74) is 0. The Morgan fingerprint density at radius 1 is 1.17 bits per heavy atom. The third kappa shape index (κ3) is 2.25. The van der Waals surface area contributed by atoms with Crippen molar-refractivity contribution in [2.45, 2.75) is 12.8 Å². The first-order chi connectivity index (χ1) is 11.1. The fraction of sp³-hybridized carbons (Fsp3) is 0.412. The summed E-state index contributed by atoms with van der Waals surface area (Å²) in [6.45, 7) is 0.142. The molecule has 2 aliphatic carbocycles. The van der Waals surface area contributed by atoms with Gasteiger partial charge in [-0.3, -0.25) is 19.3 Å². The normalized spacial score (nSPS) is 30.9. The number of rotatable bonds is 4. The highest BCUT2D eigenvalue weighted by Crippen LogP contribution is 2.52. The van der Waals surface area contributed by atoms with Crippen molar-refractivity contribution in [1.29, 1.82) is 0 Å². The molecular formula is C17H17N3O3. The number of hydrogen-bond acceptors (Lipinski definition) is 4. The Morgan fingerprint density at radius 2 is 1.87 bits per heavy atom. The van der Waals surface area contributed by atoms with Crippen LogP contribution in [-0.2, 0) is 14.4 Å². The SMILES string of the molecule is O=C(CCN1C(=O)[C@@H]2[C@@H](C1=O)[C@@H]1C=C[C@@H]2C1)Nc1ccccn1. The number of allylic oxidation sites excluding steroid dienone is 2. The lowest BCUT2D eigenvalue weighted by Crippen LogP contribution is -2.35. The topological polar surface area (TPSA) is 79.4 Å². The van der Waals surface area contributed by atoms with Crippen LogP contribution in [0.1, 0.15) is 12.8 Å². The van der Waals surface area contributed by atoms with Crippen LogP contribution >= 0.6 is 0 Å². The molecule has 6 heteroatoms. The lowest BCUT2D eigenvalue weighted by Gasteiger charge is -2.16. The molecule has 118 valence electrons. The molecule has 6 nitrogen and oxygen atoms in total. The van der Waals surface area contributed by atoms with Crippen LogP contribution < -0.4 is 5.32 Å². The number of imide groups is 1. The Labute approximate surface area is 133 Å². The molecule has 3 aliphatic rings. The maximum absolute atomic E-state index is 12.5. The number of pyridine rings is 1. The molecule has 0 spiro atoms. The summed E-state index contributed by atoms with van der Waals surface area (Å²) >= 11 is 0. The van der Waals surface area contributed by atoms with Gasteiger partial charge in [-0.05, 0) is 30.4 Å². The second-order valence-corrected chi connectivity index (χ2v) is 6.34. The third-order valence-electron chi connectivity index (χ3n) is 5.06. The summed E-state index contributed by atoms with van der Waals surface area (Å²) in [6, 6.07) is 5.23. The first kappa shape index (κ1) is 14.1. The molecule has 0 radical (unpaired) electrons. The van der Waals surface area contributed by atoms with Crippen LogP contribution in [-0.4, -0.2) is 34.2 Å². The Bertz CT molecular complexity index is 670. The Kier molecular flexibility index (Phi) is 3.25. The predicted octanol–water partition coefficient (Wildman–Crippen LogP) is 1.22. The van der Waals surface area contributed by atoms with Crippen molar-refractivity contribution in [2.75, 3.05) is 11.9 Å². The minimum atomic E-state index is -0.248. The van der Waals surface area contributed by atoms with Gasteiger partial charge in [-0.1, -0.05) is 18.2 Å². The van der Waals surface area contributed by atoms with Gasteiger partial charge < -0.3 is 5.32 Å². The summed E-state index contributed by atoms with van der Waals surface area (Å²) < 4.78 is 0. The number of amides is 3. The number of likely N-dealkylation sites (tertiary alicyclic amines) is 1. The second kappa shape index (κ2) is 5.30. The van der Waals surface area contributed by atoms with Gasteiger partial charge in [0.05, 0.1) is 11.8 Å². The van der Waals surface area contributed by atoms with Crippen LogP contribution in [0.4, 0.5) is 5.82 Å². The van der Waals surface area contributed by atoms with Crippen LogP contribution in [0.25, 0.3) is 0 Å².